The van der Waals surface area contributed by atoms with E-state index in [1.54, 1.807) is 0 Å². The van der Waals surface area contributed by atoms with Gasteiger partial charge in [-0.05, 0) is 50.8 Å². The molecular weight excluding hydrogens is 236 g/mol. The number of fused-ring (bicyclic) bond motifs is 1. The Morgan fingerprint density at radius 2 is 2.11 bits per heavy atom. The van der Waals surface area contributed by atoms with Gasteiger partial charge in [0, 0.05) is 30.2 Å². The third kappa shape index (κ3) is 2.36. The Labute approximate surface area is 113 Å². The van der Waals surface area contributed by atoms with Crippen LogP contribution in [0.1, 0.15) is 6.42 Å². The molecule has 0 amide bonds. The molecule has 0 saturated carbocycles. The highest BCUT2D eigenvalue weighted by Crippen LogP contribution is 2.24. The molecule has 1 unspecified atom stereocenters. The van der Waals surface area contributed by atoms with Crippen LogP contribution >= 0.6 is 0 Å². The predicted molar refractivity (Wildman–Crippen MR) is 80.5 cm³/mol. The zero-order chi connectivity index (χ0) is 13.4. The maximum absolute atomic E-state index is 5.79. The van der Waals surface area contributed by atoms with E-state index >= 15 is 0 Å². The molecule has 100 valence electrons. The van der Waals surface area contributed by atoms with Crippen LogP contribution in [0.5, 0.6) is 0 Å². The van der Waals surface area contributed by atoms with Crippen LogP contribution in [0.4, 0.5) is 11.5 Å². The number of hydrogen-bond donors (Lipinski definition) is 1. The van der Waals surface area contributed by atoms with Gasteiger partial charge in [-0.1, -0.05) is 0 Å². The molecule has 2 aromatic rings. The lowest BCUT2D eigenvalue weighted by Crippen LogP contribution is -2.31. The average molecular weight is 256 g/mol. The smallest absolute Gasteiger partial charge is 0.129 e. The Hall–Kier alpha value is -1.81. The summed E-state index contributed by atoms with van der Waals surface area (Å²) in [5.41, 5.74) is 7.59. The number of nitrogens with two attached hydrogens (primary N) is 1. The molecule has 0 spiro atoms. The number of anilines is 2. The number of likely N-dealkylation sites (N-methyl/N-ethyl adjacent to an activating group) is 1. The molecule has 1 saturated heterocycles. The standard InChI is InChI=1S/C15H20N4/c1-18(2)13-7-8-19(10-13)15-6-3-11-9-12(16)4-5-14(11)17-15/h3-6,9,13H,7-8,10,16H2,1-2H3. The van der Waals surface area contributed by atoms with Gasteiger partial charge in [0.15, 0.2) is 0 Å². The third-order valence-corrected chi connectivity index (χ3v) is 3.92. The number of hydrogen-bond acceptors (Lipinski definition) is 4. The lowest BCUT2D eigenvalue weighted by molar-refractivity contribution is 0.315. The Morgan fingerprint density at radius 1 is 1.26 bits per heavy atom. The fourth-order valence-electron chi connectivity index (χ4n) is 2.68. The number of nitrogens with zero attached hydrogens (tertiary/aromatic N) is 3. The van der Waals surface area contributed by atoms with Gasteiger partial charge in [-0.3, -0.25) is 0 Å². The Balaban J connectivity index is 1.88. The van der Waals surface area contributed by atoms with Crippen molar-refractivity contribution in [3.05, 3.63) is 30.3 Å². The van der Waals surface area contributed by atoms with Crippen LogP contribution in [0.25, 0.3) is 10.9 Å². The molecule has 0 bridgehead atoms. The first kappa shape index (κ1) is 12.2. The maximum Gasteiger partial charge on any atom is 0.129 e. The molecule has 1 aromatic carbocycles. The van der Waals surface area contributed by atoms with Crippen molar-refractivity contribution in [3.8, 4) is 0 Å². The molecule has 1 atom stereocenters. The Morgan fingerprint density at radius 3 is 2.84 bits per heavy atom. The molecule has 0 radical (unpaired) electrons. The first-order chi connectivity index (χ1) is 9.13. The lowest BCUT2D eigenvalue weighted by Gasteiger charge is -2.21. The highest BCUT2D eigenvalue weighted by Gasteiger charge is 2.24. The quantitative estimate of drug-likeness (QED) is 0.834. The summed E-state index contributed by atoms with van der Waals surface area (Å²) < 4.78 is 0. The van der Waals surface area contributed by atoms with Crippen molar-refractivity contribution in [1.82, 2.24) is 9.88 Å². The number of pyridine rings is 1. The molecule has 4 heteroatoms. The van der Waals surface area contributed by atoms with Crippen LogP contribution in [0, 0.1) is 0 Å². The summed E-state index contributed by atoms with van der Waals surface area (Å²) >= 11 is 0. The number of rotatable bonds is 2. The molecule has 3 rings (SSSR count). The average Bonchev–Trinajstić information content (AvgIpc) is 2.88. The summed E-state index contributed by atoms with van der Waals surface area (Å²) in [5.74, 6) is 1.07. The first-order valence-corrected chi connectivity index (χ1v) is 6.71. The number of aromatic nitrogens is 1. The molecule has 1 aliphatic rings. The second-order valence-electron chi connectivity index (χ2n) is 5.47. The highest BCUT2D eigenvalue weighted by molar-refractivity contribution is 5.83. The number of benzene rings is 1. The minimum Gasteiger partial charge on any atom is -0.399 e. The molecule has 4 nitrogen and oxygen atoms in total. The monoisotopic (exact) mass is 256 g/mol. The molecule has 1 aromatic heterocycles. The topological polar surface area (TPSA) is 45.4 Å². The summed E-state index contributed by atoms with van der Waals surface area (Å²) in [4.78, 5) is 9.40. The van der Waals surface area contributed by atoms with E-state index in [1.807, 2.05) is 18.2 Å². The van der Waals surface area contributed by atoms with E-state index in [9.17, 15) is 0 Å². The Kier molecular flexibility index (Phi) is 3.03. The summed E-state index contributed by atoms with van der Waals surface area (Å²) in [6.07, 6.45) is 1.20. The fraction of sp³-hybridized carbons (Fsp3) is 0.400. The van der Waals surface area contributed by atoms with Crippen LogP contribution < -0.4 is 10.6 Å². The minimum absolute atomic E-state index is 0.629. The second kappa shape index (κ2) is 4.70. The van der Waals surface area contributed by atoms with Gasteiger partial charge in [-0.15, -0.1) is 0 Å². The summed E-state index contributed by atoms with van der Waals surface area (Å²) in [5, 5.41) is 1.10. The minimum atomic E-state index is 0.629. The first-order valence-electron chi connectivity index (χ1n) is 6.71. The maximum atomic E-state index is 5.79. The van der Waals surface area contributed by atoms with Crippen molar-refractivity contribution in [1.29, 1.82) is 0 Å². The van der Waals surface area contributed by atoms with Crippen molar-refractivity contribution in [3.63, 3.8) is 0 Å². The van der Waals surface area contributed by atoms with Crippen molar-refractivity contribution >= 4 is 22.4 Å². The van der Waals surface area contributed by atoms with Crippen LogP contribution in [-0.4, -0.2) is 43.1 Å². The van der Waals surface area contributed by atoms with E-state index in [0.29, 0.717) is 6.04 Å². The van der Waals surface area contributed by atoms with E-state index < -0.39 is 0 Å². The third-order valence-electron chi connectivity index (χ3n) is 3.92. The highest BCUT2D eigenvalue weighted by atomic mass is 15.3. The molecular formula is C15H20N4. The van der Waals surface area contributed by atoms with E-state index in [2.05, 4.69) is 36.0 Å². The van der Waals surface area contributed by atoms with Gasteiger partial charge >= 0.3 is 0 Å². The van der Waals surface area contributed by atoms with Gasteiger partial charge in [-0.2, -0.15) is 0 Å². The van der Waals surface area contributed by atoms with E-state index in [0.717, 1.165) is 35.5 Å². The fourth-order valence-corrected chi connectivity index (χ4v) is 2.68. The van der Waals surface area contributed by atoms with Gasteiger partial charge in [0.05, 0.1) is 5.52 Å². The molecule has 1 aliphatic heterocycles. The van der Waals surface area contributed by atoms with Crippen LogP contribution in [0.15, 0.2) is 30.3 Å². The van der Waals surface area contributed by atoms with Crippen LogP contribution in [0.3, 0.4) is 0 Å². The van der Waals surface area contributed by atoms with Crippen molar-refractivity contribution in [2.75, 3.05) is 37.8 Å². The van der Waals surface area contributed by atoms with E-state index in [1.165, 1.54) is 6.42 Å². The molecule has 0 aliphatic carbocycles. The van der Waals surface area contributed by atoms with Crippen molar-refractivity contribution in [2.45, 2.75) is 12.5 Å². The lowest BCUT2D eigenvalue weighted by atomic mass is 10.2. The Bertz CT molecular complexity index is 594. The second-order valence-corrected chi connectivity index (χ2v) is 5.47. The molecule has 1 fully saturated rings. The van der Waals surface area contributed by atoms with E-state index in [4.69, 9.17) is 10.7 Å². The van der Waals surface area contributed by atoms with Crippen molar-refractivity contribution < 1.29 is 0 Å². The van der Waals surface area contributed by atoms with Crippen LogP contribution in [0.2, 0.25) is 0 Å². The van der Waals surface area contributed by atoms with Gasteiger partial charge in [-0.25, -0.2) is 4.98 Å². The van der Waals surface area contributed by atoms with Gasteiger partial charge < -0.3 is 15.5 Å². The normalized spacial score (nSPS) is 19.5. The zero-order valence-corrected chi connectivity index (χ0v) is 11.5. The zero-order valence-electron chi connectivity index (χ0n) is 11.5. The summed E-state index contributed by atoms with van der Waals surface area (Å²) in [6, 6.07) is 10.7. The predicted octanol–water partition coefficient (Wildman–Crippen LogP) is 1.96. The van der Waals surface area contributed by atoms with Gasteiger partial charge in [0.2, 0.25) is 0 Å². The van der Waals surface area contributed by atoms with Gasteiger partial charge in [0.25, 0.3) is 0 Å². The summed E-state index contributed by atoms with van der Waals surface area (Å²) in [6.45, 7) is 2.14. The largest absolute Gasteiger partial charge is 0.399 e. The van der Waals surface area contributed by atoms with Crippen LogP contribution in [-0.2, 0) is 0 Å². The SMILES string of the molecule is CN(C)C1CCN(c2ccc3cc(N)ccc3n2)C1. The van der Waals surface area contributed by atoms with E-state index in [-0.39, 0.29) is 0 Å². The van der Waals surface area contributed by atoms with Crippen molar-refractivity contribution in [2.24, 2.45) is 0 Å². The molecule has 19 heavy (non-hydrogen) atoms. The van der Waals surface area contributed by atoms with Gasteiger partial charge in [0.1, 0.15) is 5.82 Å². The number of nitrogen functional groups attached to an aromatic ring is 1. The molecule has 2 heterocycles. The molecule has 2 N–H and O–H groups in total. The summed E-state index contributed by atoms with van der Waals surface area (Å²) in [7, 11) is 4.29.